The van der Waals surface area contributed by atoms with Crippen molar-refractivity contribution in [2.45, 2.75) is 70.5 Å². The molecule has 4 fully saturated rings. The van der Waals surface area contributed by atoms with Crippen molar-refractivity contribution in [3.05, 3.63) is 97.9 Å². The van der Waals surface area contributed by atoms with Crippen LogP contribution in [0.4, 0.5) is 0 Å². The summed E-state index contributed by atoms with van der Waals surface area (Å²) in [6.45, 7) is 14.5. The number of nitrogens with zero attached hydrogens (tertiary/aromatic N) is 9. The minimum atomic E-state index is -0.653. The van der Waals surface area contributed by atoms with Crippen molar-refractivity contribution in [1.82, 2.24) is 44.4 Å². The lowest BCUT2D eigenvalue weighted by molar-refractivity contribution is -0.133. The number of carbonyl (C=O) groups excluding carboxylic acids is 1. The summed E-state index contributed by atoms with van der Waals surface area (Å²) >= 11 is 14.7. The number of imidazole rings is 1. The van der Waals surface area contributed by atoms with Gasteiger partial charge in [0.05, 0.1) is 41.6 Å². The molecule has 4 aromatic heterocycles. The smallest absolute Gasteiger partial charge is 0.296 e. The predicted molar refractivity (Wildman–Crippen MR) is 260 cm³/mol. The van der Waals surface area contributed by atoms with Crippen LogP contribution < -0.4 is 9.47 Å². The molecule has 356 valence electrons. The molecule has 16 nitrogen and oxygen atoms in total. The number of H-pyrrole nitrogens is 1. The van der Waals surface area contributed by atoms with Crippen molar-refractivity contribution in [2.75, 3.05) is 72.2 Å². The first-order valence-corrected chi connectivity index (χ1v) is 25.1. The first-order valence-electron chi connectivity index (χ1n) is 23.5. The Morgan fingerprint density at radius 3 is 2.43 bits per heavy atom. The number of rotatable bonds is 12. The van der Waals surface area contributed by atoms with Gasteiger partial charge in [0, 0.05) is 65.9 Å². The highest BCUT2D eigenvalue weighted by Crippen LogP contribution is 2.40. The first-order chi connectivity index (χ1) is 33.0. The maximum atomic E-state index is 14.0. The Morgan fingerprint density at radius 2 is 1.65 bits per heavy atom. The van der Waals surface area contributed by atoms with E-state index in [-0.39, 0.29) is 37.2 Å². The van der Waals surface area contributed by atoms with Gasteiger partial charge in [0.15, 0.2) is 17.6 Å². The monoisotopic (exact) mass is 980 g/mol. The summed E-state index contributed by atoms with van der Waals surface area (Å²) in [6.07, 6.45) is 0.743. The van der Waals surface area contributed by atoms with E-state index in [1.165, 1.54) is 10.4 Å². The van der Waals surface area contributed by atoms with Gasteiger partial charge >= 0.3 is 0 Å². The summed E-state index contributed by atoms with van der Waals surface area (Å²) in [4.78, 5) is 40.0. The number of fused-ring (bicyclic) bond motifs is 5. The summed E-state index contributed by atoms with van der Waals surface area (Å²) in [7, 11) is 0. The number of aromatic nitrogens is 6. The van der Waals surface area contributed by atoms with E-state index in [1.54, 1.807) is 17.4 Å². The van der Waals surface area contributed by atoms with Gasteiger partial charge in [0.25, 0.3) is 6.01 Å². The number of thiophene rings is 1. The highest BCUT2D eigenvalue weighted by atomic mass is 35.5. The highest BCUT2D eigenvalue weighted by molar-refractivity contribution is 7.15. The van der Waals surface area contributed by atoms with Crippen molar-refractivity contribution in [3.8, 4) is 28.0 Å². The van der Waals surface area contributed by atoms with Crippen LogP contribution >= 0.6 is 34.5 Å². The molecule has 2 aromatic carbocycles. The summed E-state index contributed by atoms with van der Waals surface area (Å²) in [5, 5.41) is 21.3. The third-order valence-corrected chi connectivity index (χ3v) is 15.9. The molecule has 0 unspecified atom stereocenters. The quantitative estimate of drug-likeness (QED) is 0.135. The fourth-order valence-corrected chi connectivity index (χ4v) is 11.8. The standard InChI is InChI=1S/C49H54Cl2N10O6S/c1-27-28(2)68-48-41(27)43(32-4-8-33(50)9-5-32)52-37(47-57-56-29(3)61(47)48)23-40(63)60-18-16-59(17-19-60)24-30-12-14-58(15-13-30)20-21-64-34-10-6-31(7-11-34)42-35(51)22-36-46(54-42)55-49(53-36)67-39-26-66-44-38(62)25-65-45(39)44/h4-11,22,30,37-39,44-45,62H,12-21,23-26H2,1-3H3,(H,53,54,55)/t37-,38+,39+,44+,45+/m0/s1. The third-order valence-electron chi connectivity index (χ3n) is 14.1. The van der Waals surface area contributed by atoms with Gasteiger partial charge in [-0.3, -0.25) is 24.2 Å². The third kappa shape index (κ3) is 9.03. The SMILES string of the molecule is Cc1sc2c(c1C)C(c1ccc(Cl)cc1)=N[C@@H](CC(=O)N1CCN(CC3CCN(CCOc4ccc(-c5nc6nc(O[C@@H]7CO[C@H]8[C@@H]7OC[C@H]8O)[nH]c6cc5Cl)cc4)CC3)CC1)c1nnc(C)n1-2. The van der Waals surface area contributed by atoms with Crippen LogP contribution in [-0.4, -0.2) is 158 Å². The van der Waals surface area contributed by atoms with Crippen molar-refractivity contribution in [2.24, 2.45) is 10.9 Å². The molecule has 68 heavy (non-hydrogen) atoms. The van der Waals surface area contributed by atoms with E-state index in [0.29, 0.717) is 71.0 Å². The van der Waals surface area contributed by atoms with Crippen LogP contribution in [0.25, 0.3) is 27.4 Å². The number of likely N-dealkylation sites (tertiary alicyclic amines) is 1. The van der Waals surface area contributed by atoms with E-state index in [0.717, 1.165) is 91.1 Å². The van der Waals surface area contributed by atoms with E-state index in [9.17, 15) is 9.90 Å². The number of piperazine rings is 1. The van der Waals surface area contributed by atoms with Crippen LogP contribution in [0.1, 0.15) is 58.5 Å². The highest BCUT2D eigenvalue weighted by Gasteiger charge is 2.49. The number of aryl methyl sites for hydroxylation is 2. The second kappa shape index (κ2) is 19.1. The number of aliphatic imine (C=N–C) groups is 1. The Kier molecular flexibility index (Phi) is 12.8. The lowest BCUT2D eigenvalue weighted by Crippen LogP contribution is -2.50. The van der Waals surface area contributed by atoms with Gasteiger partial charge in [0.2, 0.25) is 5.91 Å². The first kappa shape index (κ1) is 45.5. The summed E-state index contributed by atoms with van der Waals surface area (Å²) in [6, 6.07) is 17.2. The Balaban J connectivity index is 0.633. The number of ether oxygens (including phenoxy) is 4. The zero-order chi connectivity index (χ0) is 46.6. The molecular weight excluding hydrogens is 928 g/mol. The molecule has 5 aliphatic heterocycles. The number of aliphatic hydroxyl groups excluding tert-OH is 1. The second-order valence-corrected chi connectivity index (χ2v) is 20.5. The number of halogens is 2. The number of amides is 1. The van der Waals surface area contributed by atoms with Crippen LogP contribution in [-0.2, 0) is 14.3 Å². The Labute approximate surface area is 408 Å². The summed E-state index contributed by atoms with van der Waals surface area (Å²) in [5.41, 5.74) is 6.66. The zero-order valence-electron chi connectivity index (χ0n) is 38.2. The van der Waals surface area contributed by atoms with Crippen LogP contribution in [0.5, 0.6) is 11.8 Å². The van der Waals surface area contributed by atoms with Crippen molar-refractivity contribution in [3.63, 3.8) is 0 Å². The molecule has 19 heteroatoms. The van der Waals surface area contributed by atoms with Gasteiger partial charge in [-0.15, -0.1) is 21.5 Å². The maximum Gasteiger partial charge on any atom is 0.296 e. The number of piperidine rings is 1. The second-order valence-electron chi connectivity index (χ2n) is 18.5. The van der Waals surface area contributed by atoms with E-state index < -0.39 is 12.1 Å². The molecule has 0 aliphatic carbocycles. The number of pyridine rings is 1. The van der Waals surface area contributed by atoms with Gasteiger partial charge in [-0.2, -0.15) is 4.98 Å². The van der Waals surface area contributed by atoms with Crippen LogP contribution in [0.2, 0.25) is 10.0 Å². The molecule has 9 heterocycles. The minimum Gasteiger partial charge on any atom is -0.492 e. The minimum absolute atomic E-state index is 0.0945. The zero-order valence-corrected chi connectivity index (χ0v) is 40.6. The average Bonchev–Trinajstić information content (AvgIpc) is 4.16. The maximum absolute atomic E-state index is 14.0. The molecule has 11 rings (SSSR count). The fraction of sp³-hybridized carbons (Fsp3) is 0.469. The van der Waals surface area contributed by atoms with Crippen molar-refractivity contribution in [1.29, 1.82) is 0 Å². The van der Waals surface area contributed by atoms with Gasteiger partial charge in [-0.05, 0) is 101 Å². The molecule has 0 bridgehead atoms. The van der Waals surface area contributed by atoms with Crippen LogP contribution in [0.15, 0.2) is 59.6 Å². The molecule has 0 spiro atoms. The van der Waals surface area contributed by atoms with Crippen molar-refractivity contribution >= 4 is 57.3 Å². The molecule has 0 saturated carbocycles. The van der Waals surface area contributed by atoms with Crippen molar-refractivity contribution < 1.29 is 28.8 Å². The Bertz CT molecular complexity index is 2840. The number of hydrogen-bond donors (Lipinski definition) is 2. The largest absolute Gasteiger partial charge is 0.492 e. The molecule has 4 saturated heterocycles. The van der Waals surface area contributed by atoms with E-state index in [2.05, 4.69) is 48.4 Å². The van der Waals surface area contributed by atoms with E-state index >= 15 is 0 Å². The fourth-order valence-electron chi connectivity index (χ4n) is 10.2. The number of hydrogen-bond acceptors (Lipinski definition) is 14. The van der Waals surface area contributed by atoms with E-state index in [4.69, 9.17) is 52.1 Å². The van der Waals surface area contributed by atoms with E-state index in [1.807, 2.05) is 60.4 Å². The van der Waals surface area contributed by atoms with Gasteiger partial charge in [-0.25, -0.2) is 4.98 Å². The molecule has 6 aromatic rings. The molecule has 1 amide bonds. The van der Waals surface area contributed by atoms with Gasteiger partial charge in [0.1, 0.15) is 47.5 Å². The molecule has 2 N–H and O–H groups in total. The number of aliphatic hydroxyl groups is 1. The average molecular weight is 982 g/mol. The summed E-state index contributed by atoms with van der Waals surface area (Å²) in [5.74, 6) is 3.00. The normalized spacial score (nSPS) is 23.4. The molecule has 5 atom stereocenters. The molecule has 0 radical (unpaired) electrons. The number of carbonyl (C=O) groups is 1. The number of aromatic amines is 1. The van der Waals surface area contributed by atoms with Crippen LogP contribution in [0, 0.1) is 26.7 Å². The number of benzene rings is 2. The lowest BCUT2D eigenvalue weighted by atomic mass is 9.96. The van der Waals surface area contributed by atoms with Gasteiger partial charge < -0.3 is 33.9 Å². The number of nitrogens with one attached hydrogen (secondary N) is 1. The molecule has 5 aliphatic rings. The predicted octanol–water partition coefficient (Wildman–Crippen LogP) is 6.62. The Morgan fingerprint density at radius 1 is 0.897 bits per heavy atom. The topological polar surface area (TPSA) is 169 Å². The Hall–Kier alpha value is -4.98. The molecular formula is C49H54Cl2N10O6S. The summed E-state index contributed by atoms with van der Waals surface area (Å²) < 4.78 is 25.7. The van der Waals surface area contributed by atoms with Gasteiger partial charge in [-0.1, -0.05) is 35.3 Å². The van der Waals surface area contributed by atoms with Crippen LogP contribution in [0.3, 0.4) is 0 Å². The lowest BCUT2D eigenvalue weighted by Gasteiger charge is -2.39.